The first-order chi connectivity index (χ1) is 17.4. The summed E-state index contributed by atoms with van der Waals surface area (Å²) in [6.45, 7) is 2.22. The summed E-state index contributed by atoms with van der Waals surface area (Å²) in [4.78, 5) is 53.1. The van der Waals surface area contributed by atoms with Crippen LogP contribution < -0.4 is 5.32 Å². The van der Waals surface area contributed by atoms with Crippen molar-refractivity contribution >= 4 is 23.9 Å². The Hall–Kier alpha value is -4.46. The number of nitrogens with one attached hydrogen (secondary N) is 1. The van der Waals surface area contributed by atoms with E-state index in [0.29, 0.717) is 5.06 Å². The van der Waals surface area contributed by atoms with E-state index in [1.54, 1.807) is 19.1 Å². The van der Waals surface area contributed by atoms with E-state index in [1.807, 2.05) is 24.3 Å². The molecule has 1 aliphatic carbocycles. The van der Waals surface area contributed by atoms with Gasteiger partial charge < -0.3 is 14.9 Å². The summed E-state index contributed by atoms with van der Waals surface area (Å²) in [5.74, 6) is -1.88. The van der Waals surface area contributed by atoms with Crippen LogP contribution in [0.3, 0.4) is 0 Å². The Morgan fingerprint density at radius 1 is 0.917 bits per heavy atom. The van der Waals surface area contributed by atoms with Gasteiger partial charge in [-0.2, -0.15) is 0 Å². The molecule has 1 fully saturated rings. The molecule has 8 heteroatoms. The molecule has 182 valence electrons. The van der Waals surface area contributed by atoms with Crippen LogP contribution in [0, 0.1) is 6.92 Å². The molecule has 3 aromatic rings. The summed E-state index contributed by atoms with van der Waals surface area (Å²) in [5.41, 5.74) is 6.33. The van der Waals surface area contributed by atoms with Crippen molar-refractivity contribution in [1.29, 1.82) is 0 Å². The highest BCUT2D eigenvalue weighted by Crippen LogP contribution is 2.44. The normalized spacial score (nSPS) is 14.4. The van der Waals surface area contributed by atoms with Gasteiger partial charge in [-0.1, -0.05) is 54.6 Å². The van der Waals surface area contributed by atoms with E-state index in [-0.39, 0.29) is 37.5 Å². The van der Waals surface area contributed by atoms with Crippen LogP contribution >= 0.6 is 0 Å². The number of hydrogen-bond acceptors (Lipinski definition) is 6. The molecule has 1 aliphatic heterocycles. The number of nitrogens with zero attached hydrogens (tertiary/aromatic N) is 1. The van der Waals surface area contributed by atoms with Gasteiger partial charge in [-0.3, -0.25) is 9.59 Å². The molecule has 3 aromatic carbocycles. The van der Waals surface area contributed by atoms with E-state index in [9.17, 15) is 19.2 Å². The molecule has 1 heterocycles. The number of fused-ring (bicyclic) bond motifs is 3. The van der Waals surface area contributed by atoms with E-state index >= 15 is 0 Å². The van der Waals surface area contributed by atoms with Gasteiger partial charge >= 0.3 is 12.1 Å². The second-order valence-electron chi connectivity index (χ2n) is 8.78. The number of aryl methyl sites for hydroxylation is 1. The maximum absolute atomic E-state index is 12.5. The number of alkyl carbamates (subject to hydrolysis) is 1. The third kappa shape index (κ3) is 4.45. The molecule has 8 nitrogen and oxygen atoms in total. The van der Waals surface area contributed by atoms with Gasteiger partial charge in [-0.15, -0.1) is 5.06 Å². The minimum absolute atomic E-state index is 0.0236. The number of benzene rings is 3. The zero-order valence-corrected chi connectivity index (χ0v) is 19.7. The summed E-state index contributed by atoms with van der Waals surface area (Å²) in [7, 11) is 0. The van der Waals surface area contributed by atoms with Gasteiger partial charge in [0.25, 0.3) is 11.8 Å². The standard InChI is InChI=1S/C28H24N2O6/c1-17-14-18(27(33)36-30-25(31)12-13-26(30)32)10-11-19(17)15-29-28(34)35-16-24-22-8-4-2-6-20(22)21-7-3-5-9-23(21)24/h2-11,14,24H,12-13,15-16H2,1H3,(H,29,34). The fourth-order valence-electron chi connectivity index (χ4n) is 4.63. The number of hydroxylamine groups is 2. The molecule has 0 saturated carbocycles. The molecule has 36 heavy (non-hydrogen) atoms. The molecular formula is C28H24N2O6. The Bertz CT molecular complexity index is 1320. The molecule has 5 rings (SSSR count). The summed E-state index contributed by atoms with van der Waals surface area (Å²) in [6, 6.07) is 21.1. The van der Waals surface area contributed by atoms with E-state index in [4.69, 9.17) is 9.57 Å². The van der Waals surface area contributed by atoms with Crippen LogP contribution in [0.25, 0.3) is 11.1 Å². The van der Waals surface area contributed by atoms with Crippen molar-refractivity contribution in [1.82, 2.24) is 10.4 Å². The highest BCUT2D eigenvalue weighted by molar-refractivity contribution is 6.02. The highest BCUT2D eigenvalue weighted by Gasteiger charge is 2.33. The average Bonchev–Trinajstić information content (AvgIpc) is 3.38. The molecule has 0 spiro atoms. The van der Waals surface area contributed by atoms with Crippen LogP contribution in [0.15, 0.2) is 66.7 Å². The number of rotatable bonds is 6. The van der Waals surface area contributed by atoms with Gasteiger partial charge in [0.05, 0.1) is 5.56 Å². The zero-order chi connectivity index (χ0) is 25.2. The monoisotopic (exact) mass is 484 g/mol. The van der Waals surface area contributed by atoms with Crippen molar-refractivity contribution in [3.05, 3.63) is 94.5 Å². The van der Waals surface area contributed by atoms with Gasteiger partial charge in [0.1, 0.15) is 6.61 Å². The van der Waals surface area contributed by atoms with Crippen LogP contribution in [0.4, 0.5) is 4.79 Å². The van der Waals surface area contributed by atoms with Gasteiger partial charge in [-0.25, -0.2) is 9.59 Å². The molecule has 1 N–H and O–H groups in total. The molecule has 0 atom stereocenters. The van der Waals surface area contributed by atoms with Crippen molar-refractivity contribution in [3.8, 4) is 11.1 Å². The number of imide groups is 1. The first-order valence-corrected chi connectivity index (χ1v) is 11.7. The van der Waals surface area contributed by atoms with Crippen LogP contribution in [-0.2, 0) is 25.7 Å². The fourth-order valence-corrected chi connectivity index (χ4v) is 4.63. The van der Waals surface area contributed by atoms with Crippen molar-refractivity contribution in [2.75, 3.05) is 6.61 Å². The van der Waals surface area contributed by atoms with Crippen LogP contribution in [0.5, 0.6) is 0 Å². The van der Waals surface area contributed by atoms with Crippen LogP contribution in [0.1, 0.15) is 51.4 Å². The Labute approximate surface area is 207 Å². The Morgan fingerprint density at radius 2 is 1.53 bits per heavy atom. The maximum Gasteiger partial charge on any atom is 0.407 e. The first-order valence-electron chi connectivity index (χ1n) is 11.7. The predicted molar refractivity (Wildman–Crippen MR) is 130 cm³/mol. The summed E-state index contributed by atoms with van der Waals surface area (Å²) in [5, 5.41) is 3.27. The molecule has 3 amide bonds. The minimum atomic E-state index is -0.794. The number of hydrogen-bond donors (Lipinski definition) is 1. The lowest BCUT2D eigenvalue weighted by atomic mass is 9.98. The van der Waals surface area contributed by atoms with Crippen LogP contribution in [0.2, 0.25) is 0 Å². The van der Waals surface area contributed by atoms with Crippen molar-refractivity contribution in [2.45, 2.75) is 32.2 Å². The van der Waals surface area contributed by atoms with E-state index in [1.165, 1.54) is 6.07 Å². The number of carbonyl (C=O) groups excluding carboxylic acids is 4. The molecule has 0 aromatic heterocycles. The second-order valence-corrected chi connectivity index (χ2v) is 8.78. The van der Waals surface area contributed by atoms with E-state index in [2.05, 4.69) is 29.6 Å². The van der Waals surface area contributed by atoms with Gasteiger partial charge in [-0.05, 0) is 52.4 Å². The fraction of sp³-hybridized carbons (Fsp3) is 0.214. The Balaban J connectivity index is 1.17. The number of ether oxygens (including phenoxy) is 1. The van der Waals surface area contributed by atoms with Crippen molar-refractivity contribution in [2.24, 2.45) is 0 Å². The zero-order valence-electron chi connectivity index (χ0n) is 19.7. The molecular weight excluding hydrogens is 460 g/mol. The highest BCUT2D eigenvalue weighted by atomic mass is 16.7. The lowest BCUT2D eigenvalue weighted by Crippen LogP contribution is -2.32. The lowest BCUT2D eigenvalue weighted by molar-refractivity contribution is -0.172. The van der Waals surface area contributed by atoms with Gasteiger partial charge in [0.2, 0.25) is 0 Å². The van der Waals surface area contributed by atoms with Gasteiger partial charge in [0, 0.05) is 25.3 Å². The van der Waals surface area contributed by atoms with Crippen LogP contribution in [-0.4, -0.2) is 35.5 Å². The predicted octanol–water partition coefficient (Wildman–Crippen LogP) is 4.25. The average molecular weight is 485 g/mol. The van der Waals surface area contributed by atoms with Gasteiger partial charge in [0.15, 0.2) is 0 Å². The largest absolute Gasteiger partial charge is 0.449 e. The molecule has 2 aliphatic rings. The molecule has 0 unspecified atom stereocenters. The minimum Gasteiger partial charge on any atom is -0.449 e. The maximum atomic E-state index is 12.5. The van der Waals surface area contributed by atoms with Crippen molar-refractivity contribution < 1.29 is 28.8 Å². The summed E-state index contributed by atoms with van der Waals surface area (Å²) >= 11 is 0. The molecule has 0 bridgehead atoms. The summed E-state index contributed by atoms with van der Waals surface area (Å²) < 4.78 is 5.56. The third-order valence-electron chi connectivity index (χ3n) is 6.53. The molecule has 1 saturated heterocycles. The quantitative estimate of drug-likeness (QED) is 0.525. The summed E-state index contributed by atoms with van der Waals surface area (Å²) in [6.07, 6.45) is -0.470. The Kier molecular flexibility index (Phi) is 6.25. The number of carbonyl (C=O) groups is 4. The molecule has 0 radical (unpaired) electrons. The van der Waals surface area contributed by atoms with E-state index < -0.39 is 23.9 Å². The SMILES string of the molecule is Cc1cc(C(=O)ON2C(=O)CCC2=O)ccc1CNC(=O)OCC1c2ccccc2-c2ccccc21. The first kappa shape index (κ1) is 23.3. The van der Waals surface area contributed by atoms with E-state index in [0.717, 1.165) is 33.4 Å². The smallest absolute Gasteiger partial charge is 0.407 e. The number of amides is 3. The lowest BCUT2D eigenvalue weighted by Gasteiger charge is -2.15. The topological polar surface area (TPSA) is 102 Å². The second kappa shape index (κ2) is 9.65. The third-order valence-corrected chi connectivity index (χ3v) is 6.53. The Morgan fingerprint density at radius 3 is 2.14 bits per heavy atom. The van der Waals surface area contributed by atoms with Crippen molar-refractivity contribution in [3.63, 3.8) is 0 Å².